The molecule has 0 heterocycles. The highest BCUT2D eigenvalue weighted by Gasteiger charge is 1.94. The Morgan fingerprint density at radius 3 is 1.32 bits per heavy atom. The summed E-state index contributed by atoms with van der Waals surface area (Å²) in [5.41, 5.74) is 1.73. The largest absolute Gasteiger partial charge is 0.490 e. The van der Waals surface area contributed by atoms with Crippen molar-refractivity contribution in [3.8, 4) is 11.5 Å². The van der Waals surface area contributed by atoms with Gasteiger partial charge in [0.15, 0.2) is 0 Å². The highest BCUT2D eigenvalue weighted by atomic mass is 16.5. The lowest BCUT2D eigenvalue weighted by Crippen LogP contribution is -1.97. The van der Waals surface area contributed by atoms with E-state index in [4.69, 9.17) is 19.7 Å². The van der Waals surface area contributed by atoms with E-state index in [0.717, 1.165) is 22.6 Å². The van der Waals surface area contributed by atoms with Crippen molar-refractivity contribution in [1.29, 1.82) is 0 Å². The van der Waals surface area contributed by atoms with Gasteiger partial charge in [0.25, 0.3) is 0 Å². The van der Waals surface area contributed by atoms with Crippen molar-refractivity contribution in [2.24, 2.45) is 0 Å². The summed E-state index contributed by atoms with van der Waals surface area (Å²) in [7, 11) is 0. The van der Waals surface area contributed by atoms with E-state index in [9.17, 15) is 0 Å². The third kappa shape index (κ3) is 5.24. The Bertz CT molecular complexity index is 520. The molecular weight excluding hydrogens is 280 g/mol. The predicted octanol–water partition coefficient (Wildman–Crippen LogP) is 2.69. The van der Waals surface area contributed by atoms with Crippen molar-refractivity contribution in [3.05, 3.63) is 71.8 Å². The van der Waals surface area contributed by atoms with Crippen LogP contribution < -0.4 is 9.47 Å². The molecule has 0 aliphatic heterocycles. The number of aliphatic hydroxyl groups excluding tert-OH is 2. The molecule has 0 amide bonds. The van der Waals surface area contributed by atoms with Gasteiger partial charge in [-0.15, -0.1) is 0 Å². The zero-order valence-corrected chi connectivity index (χ0v) is 12.3. The Morgan fingerprint density at radius 2 is 1.00 bits per heavy atom. The zero-order valence-electron chi connectivity index (χ0n) is 12.3. The van der Waals surface area contributed by atoms with Crippen LogP contribution in [0, 0.1) is 0 Å². The van der Waals surface area contributed by atoms with Gasteiger partial charge in [0.05, 0.1) is 13.2 Å². The van der Waals surface area contributed by atoms with Gasteiger partial charge in [-0.25, -0.2) is 0 Å². The maximum atomic E-state index is 8.95. The minimum absolute atomic E-state index is 0.0385. The van der Waals surface area contributed by atoms with Crippen molar-refractivity contribution in [2.45, 2.75) is 13.2 Å². The monoisotopic (exact) mass is 300 g/mol. The molecule has 2 rings (SSSR count). The number of hydrogen-bond donors (Lipinski definition) is 2. The fraction of sp³-hybridized carbons (Fsp3) is 0.222. The van der Waals surface area contributed by atoms with E-state index >= 15 is 0 Å². The molecule has 4 nitrogen and oxygen atoms in total. The van der Waals surface area contributed by atoms with Crippen LogP contribution in [0.5, 0.6) is 11.5 Å². The Labute approximate surface area is 130 Å². The summed E-state index contributed by atoms with van der Waals surface area (Å²) in [6.45, 7) is 1.00. The molecule has 0 saturated carbocycles. The molecule has 0 saturated heterocycles. The van der Waals surface area contributed by atoms with Crippen molar-refractivity contribution in [1.82, 2.24) is 0 Å². The summed E-state index contributed by atoms with van der Waals surface area (Å²) >= 11 is 0. The first kappa shape index (κ1) is 16.1. The van der Waals surface area contributed by atoms with E-state index in [1.165, 1.54) is 0 Å². The molecule has 0 unspecified atom stereocenters. The molecule has 4 heteroatoms. The zero-order chi connectivity index (χ0) is 15.6. The fourth-order valence-corrected chi connectivity index (χ4v) is 1.81. The molecule has 2 aromatic rings. The molecule has 0 atom stereocenters. The predicted molar refractivity (Wildman–Crippen MR) is 84.9 cm³/mol. The highest BCUT2D eigenvalue weighted by Crippen LogP contribution is 2.13. The molecule has 2 N–H and O–H groups in total. The standard InChI is InChI=1S/C18H20O4/c19-13-15-3-7-17(8-4-15)21-11-1-2-12-22-18-9-5-16(14-20)6-10-18/h1-10,19-20H,11-14H2. The lowest BCUT2D eigenvalue weighted by molar-refractivity contribution is 0.281. The van der Waals surface area contributed by atoms with Gasteiger partial charge in [0.2, 0.25) is 0 Å². The Morgan fingerprint density at radius 1 is 0.636 bits per heavy atom. The molecular formula is C18H20O4. The van der Waals surface area contributed by atoms with Crippen LogP contribution in [0.1, 0.15) is 11.1 Å². The van der Waals surface area contributed by atoms with Crippen LogP contribution in [0.3, 0.4) is 0 Å². The van der Waals surface area contributed by atoms with Gasteiger partial charge in [-0.1, -0.05) is 24.3 Å². The molecule has 2 aromatic carbocycles. The molecule has 0 aromatic heterocycles. The molecule has 0 aliphatic carbocycles. The van der Waals surface area contributed by atoms with Crippen molar-refractivity contribution >= 4 is 0 Å². The van der Waals surface area contributed by atoms with Crippen LogP contribution in [0.2, 0.25) is 0 Å². The molecule has 22 heavy (non-hydrogen) atoms. The first-order chi connectivity index (χ1) is 10.8. The number of hydrogen-bond acceptors (Lipinski definition) is 4. The second kappa shape index (κ2) is 8.87. The Balaban J connectivity index is 1.66. The average molecular weight is 300 g/mol. The smallest absolute Gasteiger partial charge is 0.119 e. The minimum Gasteiger partial charge on any atom is -0.490 e. The molecule has 0 spiro atoms. The number of ether oxygens (including phenoxy) is 2. The van der Waals surface area contributed by atoms with Crippen LogP contribution in [-0.4, -0.2) is 23.4 Å². The number of rotatable bonds is 8. The van der Waals surface area contributed by atoms with Gasteiger partial charge in [0.1, 0.15) is 24.7 Å². The summed E-state index contributed by atoms with van der Waals surface area (Å²) in [5, 5.41) is 17.9. The lowest BCUT2D eigenvalue weighted by Gasteiger charge is -2.05. The molecule has 116 valence electrons. The molecule has 0 bridgehead atoms. The summed E-state index contributed by atoms with van der Waals surface area (Å²) < 4.78 is 11.1. The van der Waals surface area contributed by atoms with E-state index in [1.807, 2.05) is 60.7 Å². The summed E-state index contributed by atoms with van der Waals surface area (Å²) in [6.07, 6.45) is 3.78. The highest BCUT2D eigenvalue weighted by molar-refractivity contribution is 5.27. The first-order valence-corrected chi connectivity index (χ1v) is 7.12. The minimum atomic E-state index is 0.0385. The van der Waals surface area contributed by atoms with Crippen molar-refractivity contribution in [2.75, 3.05) is 13.2 Å². The third-order valence-electron chi connectivity index (χ3n) is 3.07. The second-order valence-electron chi connectivity index (χ2n) is 4.70. The summed E-state index contributed by atoms with van der Waals surface area (Å²) in [4.78, 5) is 0. The van der Waals surface area contributed by atoms with E-state index in [0.29, 0.717) is 13.2 Å². The SMILES string of the molecule is OCc1ccc(OCC=CCOc2ccc(CO)cc2)cc1. The van der Waals surface area contributed by atoms with Gasteiger partial charge in [-0.2, -0.15) is 0 Å². The average Bonchev–Trinajstić information content (AvgIpc) is 2.59. The molecule has 0 fully saturated rings. The van der Waals surface area contributed by atoms with Crippen LogP contribution in [0.4, 0.5) is 0 Å². The molecule has 0 radical (unpaired) electrons. The van der Waals surface area contributed by atoms with Gasteiger partial charge < -0.3 is 19.7 Å². The second-order valence-corrected chi connectivity index (χ2v) is 4.70. The van der Waals surface area contributed by atoms with Gasteiger partial charge in [-0.3, -0.25) is 0 Å². The van der Waals surface area contributed by atoms with Crippen LogP contribution >= 0.6 is 0 Å². The Hall–Kier alpha value is -2.30. The van der Waals surface area contributed by atoms with Crippen LogP contribution in [-0.2, 0) is 13.2 Å². The van der Waals surface area contributed by atoms with Crippen LogP contribution in [0.15, 0.2) is 60.7 Å². The van der Waals surface area contributed by atoms with E-state index in [2.05, 4.69) is 0 Å². The van der Waals surface area contributed by atoms with Crippen molar-refractivity contribution in [3.63, 3.8) is 0 Å². The van der Waals surface area contributed by atoms with Gasteiger partial charge >= 0.3 is 0 Å². The van der Waals surface area contributed by atoms with Gasteiger partial charge in [0, 0.05) is 0 Å². The fourth-order valence-electron chi connectivity index (χ4n) is 1.81. The summed E-state index contributed by atoms with van der Waals surface area (Å²) in [5.74, 6) is 1.53. The quantitative estimate of drug-likeness (QED) is 0.736. The van der Waals surface area contributed by atoms with E-state index in [1.54, 1.807) is 0 Å². The lowest BCUT2D eigenvalue weighted by atomic mass is 10.2. The van der Waals surface area contributed by atoms with Crippen LogP contribution in [0.25, 0.3) is 0 Å². The van der Waals surface area contributed by atoms with Gasteiger partial charge in [-0.05, 0) is 47.5 Å². The number of benzene rings is 2. The molecule has 0 aliphatic rings. The maximum Gasteiger partial charge on any atom is 0.119 e. The Kier molecular flexibility index (Phi) is 6.48. The first-order valence-electron chi connectivity index (χ1n) is 7.12. The topological polar surface area (TPSA) is 58.9 Å². The number of aliphatic hydroxyl groups is 2. The van der Waals surface area contributed by atoms with E-state index in [-0.39, 0.29) is 13.2 Å². The van der Waals surface area contributed by atoms with Crippen molar-refractivity contribution < 1.29 is 19.7 Å². The normalized spacial score (nSPS) is 10.8. The van der Waals surface area contributed by atoms with E-state index < -0.39 is 0 Å². The maximum absolute atomic E-state index is 8.95. The third-order valence-corrected chi connectivity index (χ3v) is 3.07. The summed E-state index contributed by atoms with van der Waals surface area (Å²) in [6, 6.07) is 14.7.